The molecule has 0 radical (unpaired) electrons. The van der Waals surface area contributed by atoms with Gasteiger partial charge in [0.1, 0.15) is 17.9 Å². The molecule has 2 N–H and O–H groups in total. The van der Waals surface area contributed by atoms with E-state index in [9.17, 15) is 19.2 Å². The van der Waals surface area contributed by atoms with E-state index in [0.717, 1.165) is 4.40 Å². The first-order valence-electron chi connectivity index (χ1n) is 8.29. The Bertz CT molecular complexity index is 1090. The summed E-state index contributed by atoms with van der Waals surface area (Å²) in [5.74, 6) is -1.70. The van der Waals surface area contributed by atoms with E-state index in [1.54, 1.807) is 13.0 Å². The highest BCUT2D eigenvalue weighted by molar-refractivity contribution is 6.02. The van der Waals surface area contributed by atoms with Crippen LogP contribution in [0.3, 0.4) is 0 Å². The first-order chi connectivity index (χ1) is 13.5. The second-order valence-corrected chi connectivity index (χ2v) is 5.54. The van der Waals surface area contributed by atoms with Crippen LogP contribution in [0.5, 0.6) is 0 Å². The maximum Gasteiger partial charge on any atom is 0.325 e. The van der Waals surface area contributed by atoms with Crippen molar-refractivity contribution in [2.24, 2.45) is 0 Å². The SMILES string of the molecule is CCOC(=O)CNC(=O)c1ccc2ncc(NC(=O)c3ccco3)c(=O)n2c1. The van der Waals surface area contributed by atoms with Gasteiger partial charge in [-0.2, -0.15) is 0 Å². The lowest BCUT2D eigenvalue weighted by Crippen LogP contribution is -2.31. The molecule has 3 aromatic rings. The Morgan fingerprint density at radius 1 is 1.21 bits per heavy atom. The predicted molar refractivity (Wildman–Crippen MR) is 97.1 cm³/mol. The fourth-order valence-electron chi connectivity index (χ4n) is 2.35. The minimum atomic E-state index is -0.604. The Balaban J connectivity index is 1.83. The number of carbonyl (C=O) groups excluding carboxylic acids is 3. The van der Waals surface area contributed by atoms with E-state index in [1.807, 2.05) is 0 Å². The van der Waals surface area contributed by atoms with Gasteiger partial charge in [-0.25, -0.2) is 4.98 Å². The lowest BCUT2D eigenvalue weighted by atomic mass is 10.2. The number of nitrogens with zero attached hydrogens (tertiary/aromatic N) is 2. The van der Waals surface area contributed by atoms with E-state index in [4.69, 9.17) is 9.15 Å². The van der Waals surface area contributed by atoms with Crippen LogP contribution in [0.15, 0.2) is 52.1 Å². The zero-order valence-electron chi connectivity index (χ0n) is 14.8. The van der Waals surface area contributed by atoms with E-state index in [0.29, 0.717) is 0 Å². The molecule has 0 saturated heterocycles. The molecule has 144 valence electrons. The Morgan fingerprint density at radius 2 is 2.04 bits per heavy atom. The number of fused-ring (bicyclic) bond motifs is 1. The number of aromatic nitrogens is 2. The molecule has 0 atom stereocenters. The molecule has 2 amide bonds. The summed E-state index contributed by atoms with van der Waals surface area (Å²) >= 11 is 0. The quantitative estimate of drug-likeness (QED) is 0.602. The summed E-state index contributed by atoms with van der Waals surface area (Å²) in [6, 6.07) is 5.93. The Hall–Kier alpha value is -3.95. The van der Waals surface area contributed by atoms with Gasteiger partial charge < -0.3 is 19.8 Å². The largest absolute Gasteiger partial charge is 0.465 e. The van der Waals surface area contributed by atoms with Crippen LogP contribution >= 0.6 is 0 Å². The van der Waals surface area contributed by atoms with E-state index >= 15 is 0 Å². The number of hydrogen-bond donors (Lipinski definition) is 2. The van der Waals surface area contributed by atoms with Crippen molar-refractivity contribution in [3.8, 4) is 0 Å². The molecule has 0 unspecified atom stereocenters. The number of hydrogen-bond acceptors (Lipinski definition) is 7. The third-order valence-electron chi connectivity index (χ3n) is 3.66. The first-order valence-corrected chi connectivity index (χ1v) is 8.29. The molecule has 0 aliphatic rings. The van der Waals surface area contributed by atoms with Gasteiger partial charge in [0.2, 0.25) is 0 Å². The highest BCUT2D eigenvalue weighted by Gasteiger charge is 2.14. The number of amides is 2. The van der Waals surface area contributed by atoms with Crippen LogP contribution in [-0.4, -0.2) is 40.3 Å². The average Bonchev–Trinajstić information content (AvgIpc) is 3.23. The number of ether oxygens (including phenoxy) is 1. The average molecular weight is 384 g/mol. The second kappa shape index (κ2) is 8.16. The summed E-state index contributed by atoms with van der Waals surface area (Å²) in [6.07, 6.45) is 3.83. The lowest BCUT2D eigenvalue weighted by Gasteiger charge is -2.08. The van der Waals surface area contributed by atoms with Crippen molar-refractivity contribution >= 4 is 29.1 Å². The van der Waals surface area contributed by atoms with Crippen molar-refractivity contribution in [1.82, 2.24) is 14.7 Å². The monoisotopic (exact) mass is 384 g/mol. The molecule has 28 heavy (non-hydrogen) atoms. The fraction of sp³-hybridized carbons (Fsp3) is 0.167. The lowest BCUT2D eigenvalue weighted by molar-refractivity contribution is -0.141. The number of esters is 1. The third-order valence-corrected chi connectivity index (χ3v) is 3.66. The fourth-order valence-corrected chi connectivity index (χ4v) is 2.35. The van der Waals surface area contributed by atoms with Crippen LogP contribution in [0.4, 0.5) is 5.69 Å². The number of anilines is 1. The van der Waals surface area contributed by atoms with Crippen LogP contribution in [0.1, 0.15) is 27.8 Å². The van der Waals surface area contributed by atoms with Crippen molar-refractivity contribution in [3.05, 3.63) is 64.6 Å². The third kappa shape index (κ3) is 4.06. The normalized spacial score (nSPS) is 10.5. The van der Waals surface area contributed by atoms with Crippen LogP contribution in [0, 0.1) is 0 Å². The molecule has 0 fully saturated rings. The smallest absolute Gasteiger partial charge is 0.325 e. The van der Waals surface area contributed by atoms with Crippen LogP contribution in [0.25, 0.3) is 5.65 Å². The van der Waals surface area contributed by atoms with Gasteiger partial charge in [0.25, 0.3) is 17.4 Å². The zero-order chi connectivity index (χ0) is 20.1. The number of furan rings is 1. The molecule has 0 aromatic carbocycles. The van der Waals surface area contributed by atoms with Crippen molar-refractivity contribution in [2.45, 2.75) is 6.92 Å². The maximum atomic E-state index is 12.6. The van der Waals surface area contributed by atoms with Gasteiger partial charge in [0.15, 0.2) is 5.76 Å². The number of rotatable bonds is 6. The molecule has 0 saturated carbocycles. The number of nitrogens with one attached hydrogen (secondary N) is 2. The van der Waals surface area contributed by atoms with Gasteiger partial charge in [-0.15, -0.1) is 0 Å². The highest BCUT2D eigenvalue weighted by atomic mass is 16.5. The predicted octanol–water partition coefficient (Wildman–Crippen LogP) is 0.833. The highest BCUT2D eigenvalue weighted by Crippen LogP contribution is 2.08. The van der Waals surface area contributed by atoms with E-state index in [-0.39, 0.29) is 35.8 Å². The van der Waals surface area contributed by atoms with Gasteiger partial charge in [-0.1, -0.05) is 0 Å². The molecule has 0 aliphatic heterocycles. The zero-order valence-corrected chi connectivity index (χ0v) is 14.8. The summed E-state index contributed by atoms with van der Waals surface area (Å²) < 4.78 is 10.8. The van der Waals surface area contributed by atoms with E-state index in [1.165, 1.54) is 36.9 Å². The molecule has 10 heteroatoms. The molecule has 10 nitrogen and oxygen atoms in total. The number of pyridine rings is 1. The summed E-state index contributed by atoms with van der Waals surface area (Å²) in [6.45, 7) is 1.57. The van der Waals surface area contributed by atoms with Gasteiger partial charge in [-0.3, -0.25) is 23.6 Å². The Kier molecular flexibility index (Phi) is 5.49. The van der Waals surface area contributed by atoms with Crippen molar-refractivity contribution in [2.75, 3.05) is 18.5 Å². The van der Waals surface area contributed by atoms with Gasteiger partial charge in [0, 0.05) is 6.20 Å². The van der Waals surface area contributed by atoms with Gasteiger partial charge >= 0.3 is 5.97 Å². The molecule has 0 aliphatic carbocycles. The summed E-state index contributed by atoms with van der Waals surface area (Å²) in [4.78, 5) is 52.3. The number of carbonyl (C=O) groups is 3. The molecule has 0 spiro atoms. The van der Waals surface area contributed by atoms with Crippen molar-refractivity contribution in [3.63, 3.8) is 0 Å². The van der Waals surface area contributed by atoms with Crippen LogP contribution in [0.2, 0.25) is 0 Å². The van der Waals surface area contributed by atoms with Crippen molar-refractivity contribution < 1.29 is 23.5 Å². The molecule has 3 aromatic heterocycles. The van der Waals surface area contributed by atoms with Crippen molar-refractivity contribution in [1.29, 1.82) is 0 Å². The summed E-state index contributed by atoms with van der Waals surface area (Å²) in [7, 11) is 0. The van der Waals surface area contributed by atoms with Gasteiger partial charge in [0.05, 0.1) is 24.6 Å². The second-order valence-electron chi connectivity index (χ2n) is 5.54. The minimum Gasteiger partial charge on any atom is -0.465 e. The standard InChI is InChI=1S/C18H16N4O6/c1-2-27-15(23)9-20-16(24)11-5-6-14-19-8-12(18(26)22(14)10-11)21-17(25)13-4-3-7-28-13/h3-8,10H,2,9H2,1H3,(H,20,24)(H,21,25). The van der Waals surface area contributed by atoms with E-state index < -0.39 is 23.3 Å². The maximum absolute atomic E-state index is 12.6. The van der Waals surface area contributed by atoms with E-state index in [2.05, 4.69) is 15.6 Å². The van der Waals surface area contributed by atoms with Crippen LogP contribution in [-0.2, 0) is 9.53 Å². The summed E-state index contributed by atoms with van der Waals surface area (Å²) in [5.41, 5.74) is -0.244. The van der Waals surface area contributed by atoms with Gasteiger partial charge in [-0.05, 0) is 31.2 Å². The molecular formula is C18H16N4O6. The Labute approximate surface area is 158 Å². The first kappa shape index (κ1) is 18.8. The Morgan fingerprint density at radius 3 is 2.75 bits per heavy atom. The van der Waals surface area contributed by atoms with Crippen LogP contribution < -0.4 is 16.2 Å². The summed E-state index contributed by atoms with van der Waals surface area (Å²) in [5, 5.41) is 4.82. The molecule has 0 bridgehead atoms. The molecular weight excluding hydrogens is 368 g/mol. The minimum absolute atomic E-state index is 0.0385. The molecule has 3 rings (SSSR count). The molecule has 3 heterocycles. The topological polar surface area (TPSA) is 132 Å².